The van der Waals surface area contributed by atoms with Gasteiger partial charge in [0.1, 0.15) is 11.7 Å². The van der Waals surface area contributed by atoms with Gasteiger partial charge in [-0.25, -0.2) is 9.37 Å². The highest BCUT2D eigenvalue weighted by molar-refractivity contribution is 5.85. The quantitative estimate of drug-likeness (QED) is 0.817. The molecule has 2 amide bonds. The molecule has 5 rings (SSSR count). The first kappa shape index (κ1) is 20.0. The van der Waals surface area contributed by atoms with E-state index >= 15 is 0 Å². The zero-order valence-electron chi connectivity index (χ0n) is 17.9. The van der Waals surface area contributed by atoms with E-state index in [1.807, 2.05) is 43.1 Å². The molecule has 1 N–H and O–H groups in total. The summed E-state index contributed by atoms with van der Waals surface area (Å²) in [6.45, 7) is 5.14. The summed E-state index contributed by atoms with van der Waals surface area (Å²) in [7, 11) is 0. The highest BCUT2D eigenvalue weighted by Crippen LogP contribution is 2.47. The molecule has 164 valence electrons. The Kier molecular flexibility index (Phi) is 4.75. The second-order valence-electron chi connectivity index (χ2n) is 9.22. The highest BCUT2D eigenvalue weighted by atomic mass is 19.1. The molecule has 2 aromatic heterocycles. The van der Waals surface area contributed by atoms with Crippen LogP contribution in [0.2, 0.25) is 0 Å². The van der Waals surface area contributed by atoms with Gasteiger partial charge in [-0.15, -0.1) is 0 Å². The Hall–Kier alpha value is -2.90. The third-order valence-corrected chi connectivity index (χ3v) is 6.77. The van der Waals surface area contributed by atoms with Crippen molar-refractivity contribution >= 4 is 17.5 Å². The first-order chi connectivity index (χ1) is 14.9. The van der Waals surface area contributed by atoms with Crippen molar-refractivity contribution in [1.29, 1.82) is 0 Å². The van der Waals surface area contributed by atoms with Gasteiger partial charge in [0.25, 0.3) is 0 Å². The maximum Gasteiger partial charge on any atom is 0.239 e. The second-order valence-corrected chi connectivity index (χ2v) is 9.22. The standard InChI is InChI=1S/C23H28FN5O2/c1-15(2)26-20(30)13-29-18-5-3-8-25-21(18)28-9-4-6-19(28)23(29)7-10-27(14-23)22(31)16-11-17(24)12-16/h3-6,8-9,15-17H,7,10-14H2,1-2H3,(H,26,30)/t16?,17?,23-/m1/s1. The van der Waals surface area contributed by atoms with Crippen LogP contribution in [0.5, 0.6) is 0 Å². The monoisotopic (exact) mass is 425 g/mol. The van der Waals surface area contributed by atoms with E-state index in [9.17, 15) is 14.0 Å². The van der Waals surface area contributed by atoms with Crippen molar-refractivity contribution in [3.63, 3.8) is 0 Å². The first-order valence-electron chi connectivity index (χ1n) is 11.0. The number of carbonyl (C=O) groups is 2. The Balaban J connectivity index is 1.52. The van der Waals surface area contributed by atoms with Gasteiger partial charge in [0, 0.05) is 37.4 Å². The number of nitrogens with zero attached hydrogens (tertiary/aromatic N) is 4. The Morgan fingerprint density at radius 3 is 2.84 bits per heavy atom. The molecule has 0 bridgehead atoms. The van der Waals surface area contributed by atoms with Crippen LogP contribution in [-0.4, -0.2) is 58.1 Å². The van der Waals surface area contributed by atoms with Gasteiger partial charge in [-0.3, -0.25) is 9.59 Å². The van der Waals surface area contributed by atoms with E-state index in [1.54, 1.807) is 6.20 Å². The predicted molar refractivity (Wildman–Crippen MR) is 115 cm³/mol. The molecule has 2 fully saturated rings. The zero-order chi connectivity index (χ0) is 21.8. The SMILES string of the molecule is CC(C)NC(=O)CN1c2cccnc2-n2cccc2[C@]12CCN(C(=O)C1CC(F)C1)C2. The van der Waals surface area contributed by atoms with Crippen LogP contribution in [0.25, 0.3) is 5.82 Å². The molecule has 3 aliphatic rings. The lowest BCUT2D eigenvalue weighted by molar-refractivity contribution is -0.139. The number of pyridine rings is 1. The molecule has 0 aromatic carbocycles. The maximum atomic E-state index is 13.4. The molecule has 4 heterocycles. The summed E-state index contributed by atoms with van der Waals surface area (Å²) < 4.78 is 15.4. The third kappa shape index (κ3) is 3.20. The molecule has 0 radical (unpaired) electrons. The van der Waals surface area contributed by atoms with Crippen molar-refractivity contribution in [3.05, 3.63) is 42.4 Å². The van der Waals surface area contributed by atoms with Gasteiger partial charge in [0.2, 0.25) is 11.8 Å². The minimum atomic E-state index is -0.855. The van der Waals surface area contributed by atoms with E-state index in [0.29, 0.717) is 32.4 Å². The van der Waals surface area contributed by atoms with Crippen LogP contribution in [0.4, 0.5) is 10.1 Å². The Bertz CT molecular complexity index is 1010. The second kappa shape index (κ2) is 7.35. The molecule has 1 saturated carbocycles. The Morgan fingerprint density at radius 2 is 2.10 bits per heavy atom. The summed E-state index contributed by atoms with van der Waals surface area (Å²) in [4.78, 5) is 34.4. The molecule has 2 aliphatic heterocycles. The van der Waals surface area contributed by atoms with Crippen LogP contribution >= 0.6 is 0 Å². The average molecular weight is 426 g/mol. The van der Waals surface area contributed by atoms with E-state index in [2.05, 4.69) is 25.8 Å². The normalized spacial score (nSPS) is 26.6. The first-order valence-corrected chi connectivity index (χ1v) is 11.0. The van der Waals surface area contributed by atoms with E-state index in [1.165, 1.54) is 0 Å². The number of fused-ring (bicyclic) bond motifs is 4. The summed E-state index contributed by atoms with van der Waals surface area (Å²) in [5, 5.41) is 2.99. The van der Waals surface area contributed by atoms with Crippen LogP contribution in [0.3, 0.4) is 0 Å². The molecule has 31 heavy (non-hydrogen) atoms. The molecule has 1 aliphatic carbocycles. The molecule has 8 heteroatoms. The van der Waals surface area contributed by atoms with Gasteiger partial charge in [0.05, 0.1) is 17.9 Å². The number of hydrogen-bond acceptors (Lipinski definition) is 4. The zero-order valence-corrected chi connectivity index (χ0v) is 17.9. The van der Waals surface area contributed by atoms with Crippen LogP contribution in [0, 0.1) is 5.92 Å². The number of aromatic nitrogens is 2. The Morgan fingerprint density at radius 1 is 1.29 bits per heavy atom. The van der Waals surface area contributed by atoms with Crippen LogP contribution in [-0.2, 0) is 15.1 Å². The largest absolute Gasteiger partial charge is 0.352 e. The van der Waals surface area contributed by atoms with Gasteiger partial charge in [-0.1, -0.05) is 0 Å². The summed E-state index contributed by atoms with van der Waals surface area (Å²) in [5.74, 6) is 0.544. The lowest BCUT2D eigenvalue weighted by atomic mass is 9.82. The Labute approximate surface area is 181 Å². The third-order valence-electron chi connectivity index (χ3n) is 6.77. The molecule has 1 spiro atoms. The van der Waals surface area contributed by atoms with E-state index in [0.717, 1.165) is 17.2 Å². The molecular formula is C23H28FN5O2. The number of likely N-dealkylation sites (tertiary alicyclic amines) is 1. The van der Waals surface area contributed by atoms with Crippen molar-refractivity contribution in [1.82, 2.24) is 19.8 Å². The van der Waals surface area contributed by atoms with Crippen LogP contribution < -0.4 is 10.2 Å². The lowest BCUT2D eigenvalue weighted by Crippen LogP contribution is -2.56. The van der Waals surface area contributed by atoms with E-state index in [-0.39, 0.29) is 30.3 Å². The van der Waals surface area contributed by atoms with Gasteiger partial charge in [-0.2, -0.15) is 0 Å². The van der Waals surface area contributed by atoms with Crippen molar-refractivity contribution in [2.45, 2.75) is 50.9 Å². The molecule has 1 atom stereocenters. The van der Waals surface area contributed by atoms with Crippen molar-refractivity contribution < 1.29 is 14.0 Å². The van der Waals surface area contributed by atoms with Crippen molar-refractivity contribution in [3.8, 4) is 5.82 Å². The topological polar surface area (TPSA) is 70.5 Å². The van der Waals surface area contributed by atoms with E-state index < -0.39 is 11.7 Å². The van der Waals surface area contributed by atoms with Crippen molar-refractivity contribution in [2.24, 2.45) is 5.92 Å². The van der Waals surface area contributed by atoms with Gasteiger partial charge in [0.15, 0.2) is 5.82 Å². The van der Waals surface area contributed by atoms with Gasteiger partial charge >= 0.3 is 0 Å². The molecule has 2 aromatic rings. The number of hydrogen-bond donors (Lipinski definition) is 1. The van der Waals surface area contributed by atoms with E-state index in [4.69, 9.17) is 0 Å². The molecule has 7 nitrogen and oxygen atoms in total. The number of carbonyl (C=O) groups excluding carboxylic acids is 2. The fourth-order valence-corrected chi connectivity index (χ4v) is 5.27. The number of halogens is 1. The molecular weight excluding hydrogens is 397 g/mol. The summed E-state index contributed by atoms with van der Waals surface area (Å²) in [6.07, 6.45) is 4.24. The average Bonchev–Trinajstić information content (AvgIpc) is 3.36. The maximum absolute atomic E-state index is 13.4. The fourth-order valence-electron chi connectivity index (χ4n) is 5.27. The van der Waals surface area contributed by atoms with Crippen LogP contribution in [0.15, 0.2) is 36.7 Å². The minimum absolute atomic E-state index is 0.0347. The molecule has 0 unspecified atom stereocenters. The van der Waals surface area contributed by atoms with Gasteiger partial charge < -0.3 is 19.7 Å². The lowest BCUT2D eigenvalue weighted by Gasteiger charge is -2.47. The minimum Gasteiger partial charge on any atom is -0.352 e. The van der Waals surface area contributed by atoms with Crippen LogP contribution in [0.1, 0.15) is 38.8 Å². The molecule has 1 saturated heterocycles. The van der Waals surface area contributed by atoms with Crippen molar-refractivity contribution in [2.75, 3.05) is 24.5 Å². The number of nitrogens with one attached hydrogen (secondary N) is 1. The fraction of sp³-hybridized carbons (Fsp3) is 0.522. The predicted octanol–water partition coefficient (Wildman–Crippen LogP) is 2.39. The summed E-state index contributed by atoms with van der Waals surface area (Å²) in [6, 6.07) is 7.94. The number of alkyl halides is 1. The highest BCUT2D eigenvalue weighted by Gasteiger charge is 2.52. The smallest absolute Gasteiger partial charge is 0.239 e. The number of amides is 2. The summed E-state index contributed by atoms with van der Waals surface area (Å²) in [5.41, 5.74) is 1.39. The number of anilines is 1. The van der Waals surface area contributed by atoms with Gasteiger partial charge in [-0.05, 0) is 57.4 Å². The summed E-state index contributed by atoms with van der Waals surface area (Å²) >= 11 is 0. The number of rotatable bonds is 4.